The van der Waals surface area contributed by atoms with E-state index >= 15 is 0 Å². The second-order valence-corrected chi connectivity index (χ2v) is 6.32. The van der Waals surface area contributed by atoms with Crippen LogP contribution in [-0.4, -0.2) is 20.8 Å². The van der Waals surface area contributed by atoms with Gasteiger partial charge in [-0.3, -0.25) is 10.1 Å². The van der Waals surface area contributed by atoms with Gasteiger partial charge in [0.1, 0.15) is 0 Å². The van der Waals surface area contributed by atoms with E-state index in [0.717, 1.165) is 16.3 Å². The van der Waals surface area contributed by atoms with Gasteiger partial charge in [-0.15, -0.1) is 5.10 Å². The molecule has 122 valence electrons. The van der Waals surface area contributed by atoms with Crippen LogP contribution < -0.4 is 4.80 Å². The molecule has 0 saturated carbocycles. The minimum Gasteiger partial charge on any atom is -0.502 e. The van der Waals surface area contributed by atoms with Crippen molar-refractivity contribution in [1.29, 1.82) is 0 Å². The third-order valence-electron chi connectivity index (χ3n) is 3.34. The van der Waals surface area contributed by atoms with Crippen LogP contribution >= 0.6 is 22.9 Å². The van der Waals surface area contributed by atoms with Crippen molar-refractivity contribution in [2.45, 2.75) is 0 Å². The molecule has 3 aromatic rings. The number of aryl methyl sites for hydroxylation is 1. The Bertz CT molecular complexity index is 1040. The molecule has 2 aromatic carbocycles. The quantitative estimate of drug-likeness (QED) is 0.439. The molecular weight excluding hydrogens is 352 g/mol. The van der Waals surface area contributed by atoms with Gasteiger partial charge in [-0.05, 0) is 18.2 Å². The Labute approximate surface area is 144 Å². The molecule has 0 aliphatic carbocycles. The summed E-state index contributed by atoms with van der Waals surface area (Å²) in [7, 11) is 1.87. The van der Waals surface area contributed by atoms with Gasteiger partial charge >= 0.3 is 5.69 Å². The normalized spacial score (nSPS) is 12.3. The molecule has 0 saturated heterocycles. The number of aromatic hydroxyl groups is 1. The predicted octanol–water partition coefficient (Wildman–Crippen LogP) is 3.44. The summed E-state index contributed by atoms with van der Waals surface area (Å²) in [6.45, 7) is 0. The van der Waals surface area contributed by atoms with E-state index in [0.29, 0.717) is 4.80 Å². The number of phenolic OH excluding ortho intramolecular Hbond substituents is 1. The fourth-order valence-electron chi connectivity index (χ4n) is 2.16. The number of aromatic nitrogens is 1. The second-order valence-electron chi connectivity index (χ2n) is 4.88. The van der Waals surface area contributed by atoms with Crippen LogP contribution in [0, 0.1) is 10.1 Å². The van der Waals surface area contributed by atoms with E-state index in [9.17, 15) is 15.2 Å². The Morgan fingerprint density at radius 3 is 2.83 bits per heavy atom. The number of nitrogens with zero attached hydrogens (tertiary/aromatic N) is 4. The number of thiazole rings is 1. The highest BCUT2D eigenvalue weighted by atomic mass is 35.5. The van der Waals surface area contributed by atoms with E-state index in [2.05, 4.69) is 10.2 Å². The molecule has 0 bridgehead atoms. The third-order valence-corrected chi connectivity index (χ3v) is 4.66. The summed E-state index contributed by atoms with van der Waals surface area (Å²) < 4.78 is 2.95. The average Bonchev–Trinajstić information content (AvgIpc) is 2.87. The first-order chi connectivity index (χ1) is 11.5. The number of rotatable bonds is 3. The second kappa shape index (κ2) is 6.42. The van der Waals surface area contributed by atoms with Crippen LogP contribution in [0.5, 0.6) is 5.75 Å². The molecule has 24 heavy (non-hydrogen) atoms. The average molecular weight is 363 g/mol. The van der Waals surface area contributed by atoms with E-state index in [1.807, 2.05) is 35.9 Å². The van der Waals surface area contributed by atoms with Gasteiger partial charge in [0.25, 0.3) is 0 Å². The smallest absolute Gasteiger partial charge is 0.312 e. The SMILES string of the molecule is Cn1/c(=N\N=C\c2cc(Cl)cc([N+](=O)[O-])c2O)sc2ccccc21. The van der Waals surface area contributed by atoms with Crippen LogP contribution in [0.3, 0.4) is 0 Å². The van der Waals surface area contributed by atoms with E-state index in [4.69, 9.17) is 11.6 Å². The molecule has 1 N–H and O–H groups in total. The highest BCUT2D eigenvalue weighted by Gasteiger charge is 2.17. The summed E-state index contributed by atoms with van der Waals surface area (Å²) in [5.41, 5.74) is 0.677. The maximum absolute atomic E-state index is 10.9. The van der Waals surface area contributed by atoms with E-state index < -0.39 is 16.4 Å². The largest absolute Gasteiger partial charge is 0.502 e. The fraction of sp³-hybridized carbons (Fsp3) is 0.0667. The highest BCUT2D eigenvalue weighted by Crippen LogP contribution is 2.32. The maximum atomic E-state index is 10.9. The summed E-state index contributed by atoms with van der Waals surface area (Å²) in [5, 5.41) is 29.0. The summed E-state index contributed by atoms with van der Waals surface area (Å²) in [6.07, 6.45) is 1.23. The Kier molecular flexibility index (Phi) is 4.32. The number of nitro benzene ring substituents is 1. The number of phenols is 1. The zero-order valence-electron chi connectivity index (χ0n) is 12.4. The van der Waals surface area contributed by atoms with Crippen LogP contribution in [0.4, 0.5) is 5.69 Å². The number of halogens is 1. The van der Waals surface area contributed by atoms with E-state index in [-0.39, 0.29) is 10.6 Å². The Morgan fingerprint density at radius 1 is 1.38 bits per heavy atom. The molecular formula is C15H11ClN4O3S. The van der Waals surface area contributed by atoms with Crippen molar-refractivity contribution in [2.75, 3.05) is 0 Å². The van der Waals surface area contributed by atoms with Crippen LogP contribution in [0.15, 0.2) is 46.6 Å². The van der Waals surface area contributed by atoms with Gasteiger partial charge in [-0.25, -0.2) is 0 Å². The van der Waals surface area contributed by atoms with Crippen LogP contribution in [0.1, 0.15) is 5.56 Å². The van der Waals surface area contributed by atoms with Crippen LogP contribution in [-0.2, 0) is 7.05 Å². The molecule has 3 rings (SSSR count). The molecule has 0 fully saturated rings. The summed E-state index contributed by atoms with van der Waals surface area (Å²) in [4.78, 5) is 10.8. The summed E-state index contributed by atoms with van der Waals surface area (Å²) in [5.74, 6) is -0.496. The molecule has 9 heteroatoms. The molecule has 1 aromatic heterocycles. The first kappa shape index (κ1) is 16.2. The minimum absolute atomic E-state index is 0.127. The third kappa shape index (κ3) is 3.01. The molecule has 0 unspecified atom stereocenters. The van der Waals surface area contributed by atoms with Gasteiger partial charge in [-0.1, -0.05) is 35.1 Å². The number of fused-ring (bicyclic) bond motifs is 1. The van der Waals surface area contributed by atoms with Crippen molar-refractivity contribution in [1.82, 2.24) is 4.57 Å². The Balaban J connectivity index is 2.02. The summed E-state index contributed by atoms with van der Waals surface area (Å²) >= 11 is 7.29. The molecule has 0 atom stereocenters. The van der Waals surface area contributed by atoms with Gasteiger partial charge in [0.2, 0.25) is 10.6 Å². The predicted molar refractivity (Wildman–Crippen MR) is 93.7 cm³/mol. The standard InChI is InChI=1S/C15H11ClN4O3S/c1-19-11-4-2-3-5-13(11)24-15(19)18-17-8-9-6-10(16)7-12(14(9)21)20(22)23/h2-8,21H,1H3/b17-8+,18-15+. The van der Waals surface area contributed by atoms with Gasteiger partial charge in [0.05, 0.1) is 21.4 Å². The Hall–Kier alpha value is -2.71. The first-order valence-electron chi connectivity index (χ1n) is 6.76. The monoisotopic (exact) mass is 362 g/mol. The number of hydrogen-bond acceptors (Lipinski definition) is 6. The van der Waals surface area contributed by atoms with E-state index in [1.165, 1.54) is 23.6 Å². The Morgan fingerprint density at radius 2 is 2.12 bits per heavy atom. The molecule has 0 spiro atoms. The number of hydrogen-bond donors (Lipinski definition) is 1. The highest BCUT2D eigenvalue weighted by molar-refractivity contribution is 7.16. The molecule has 1 heterocycles. The maximum Gasteiger partial charge on any atom is 0.312 e. The molecule has 0 aliphatic rings. The van der Waals surface area contributed by atoms with Crippen molar-refractivity contribution >= 4 is 45.1 Å². The fourth-order valence-corrected chi connectivity index (χ4v) is 3.36. The molecule has 0 amide bonds. The van der Waals surface area contributed by atoms with Crippen LogP contribution in [0.25, 0.3) is 10.2 Å². The van der Waals surface area contributed by atoms with Crippen LogP contribution in [0.2, 0.25) is 5.02 Å². The van der Waals surface area contributed by atoms with Gasteiger partial charge in [0.15, 0.2) is 0 Å². The molecule has 0 radical (unpaired) electrons. The lowest BCUT2D eigenvalue weighted by molar-refractivity contribution is -0.385. The zero-order valence-corrected chi connectivity index (χ0v) is 14.0. The number of benzene rings is 2. The molecule has 7 nitrogen and oxygen atoms in total. The first-order valence-corrected chi connectivity index (χ1v) is 7.95. The van der Waals surface area contributed by atoms with Crippen molar-refractivity contribution < 1.29 is 10.0 Å². The van der Waals surface area contributed by atoms with Gasteiger partial charge in [0, 0.05) is 23.7 Å². The van der Waals surface area contributed by atoms with Crippen molar-refractivity contribution in [3.63, 3.8) is 0 Å². The van der Waals surface area contributed by atoms with Gasteiger partial charge < -0.3 is 9.67 Å². The lowest BCUT2D eigenvalue weighted by Gasteiger charge is -2.00. The van der Waals surface area contributed by atoms with Crippen molar-refractivity contribution in [3.05, 3.63) is 61.9 Å². The van der Waals surface area contributed by atoms with Crippen molar-refractivity contribution in [3.8, 4) is 5.75 Å². The lowest BCUT2D eigenvalue weighted by atomic mass is 10.2. The topological polar surface area (TPSA) is 93.0 Å². The number of nitro groups is 1. The van der Waals surface area contributed by atoms with Gasteiger partial charge in [-0.2, -0.15) is 5.10 Å². The zero-order chi connectivity index (χ0) is 17.3. The van der Waals surface area contributed by atoms with Crippen molar-refractivity contribution in [2.24, 2.45) is 17.3 Å². The summed E-state index contributed by atoms with van der Waals surface area (Å²) in [6, 6.07) is 10.3. The van der Waals surface area contributed by atoms with E-state index in [1.54, 1.807) is 0 Å². The number of para-hydroxylation sites is 1. The molecule has 0 aliphatic heterocycles. The minimum atomic E-state index is -0.707. The lowest BCUT2D eigenvalue weighted by Crippen LogP contribution is -2.08.